The van der Waals surface area contributed by atoms with Crippen LogP contribution >= 0.6 is 0 Å². The molecule has 0 saturated heterocycles. The smallest absolute Gasteiger partial charge is 0.302 e. The molecule has 0 N–H and O–H groups in total. The fourth-order valence-electron chi connectivity index (χ4n) is 4.66. The van der Waals surface area contributed by atoms with E-state index in [2.05, 4.69) is 0 Å². The van der Waals surface area contributed by atoms with Gasteiger partial charge >= 0.3 is 5.97 Å². The Bertz CT molecular complexity index is 971. The van der Waals surface area contributed by atoms with Crippen molar-refractivity contribution in [2.45, 2.75) is 64.3 Å². The quantitative estimate of drug-likeness (QED) is 0.344. The second kappa shape index (κ2) is 9.50. The molecule has 0 aromatic heterocycles. The normalized spacial score (nSPS) is 16.6. The average Bonchev–Trinajstić information content (AvgIpc) is 2.78. The molecule has 0 spiro atoms. The van der Waals surface area contributed by atoms with Crippen molar-refractivity contribution in [3.63, 3.8) is 0 Å². The summed E-state index contributed by atoms with van der Waals surface area (Å²) in [5, 5.41) is 1.51. The summed E-state index contributed by atoms with van der Waals surface area (Å²) in [7, 11) is 0. The summed E-state index contributed by atoms with van der Waals surface area (Å²) in [4.78, 5) is 38.8. The molecule has 0 radical (unpaired) electrons. The number of carbonyl (C=O) groups is 3. The number of imide groups is 1. The first-order valence-corrected chi connectivity index (χ1v) is 11.3. The fourth-order valence-corrected chi connectivity index (χ4v) is 4.66. The monoisotopic (exact) mass is 423 g/mol. The van der Waals surface area contributed by atoms with Gasteiger partial charge in [-0.15, -0.1) is 0 Å². The van der Waals surface area contributed by atoms with E-state index < -0.39 is 0 Å². The molecule has 2 aliphatic rings. The third kappa shape index (κ3) is 4.43. The predicted octanol–water partition coefficient (Wildman–Crippen LogP) is 4.88. The topological polar surface area (TPSA) is 72.9 Å². The van der Waals surface area contributed by atoms with Gasteiger partial charge in [0.2, 0.25) is 0 Å². The standard InChI is InChI=1S/C25H29NO5/c1-17(27)30-15-6-3-7-16-31-22-14-13-21-23-19(22)11-8-12-20(23)24(28)26(25(21)29)18-9-4-2-5-10-18/h8,11-14,18H,2-7,9-10,15-16H2,1H3. The van der Waals surface area contributed by atoms with Crippen LogP contribution in [0.5, 0.6) is 5.75 Å². The molecule has 1 fully saturated rings. The molecule has 1 aliphatic heterocycles. The van der Waals surface area contributed by atoms with Crippen LogP contribution in [-0.4, -0.2) is 41.9 Å². The van der Waals surface area contributed by atoms with E-state index >= 15 is 0 Å². The number of esters is 1. The highest BCUT2D eigenvalue weighted by Gasteiger charge is 2.38. The van der Waals surface area contributed by atoms with Gasteiger partial charge in [0.05, 0.1) is 13.2 Å². The molecule has 4 rings (SSSR count). The van der Waals surface area contributed by atoms with Gasteiger partial charge in [-0.1, -0.05) is 31.4 Å². The molecule has 1 saturated carbocycles. The fraction of sp³-hybridized carbons (Fsp3) is 0.480. The summed E-state index contributed by atoms with van der Waals surface area (Å²) in [5.74, 6) is 0.0637. The number of hydrogen-bond donors (Lipinski definition) is 0. The van der Waals surface area contributed by atoms with Crippen molar-refractivity contribution in [1.82, 2.24) is 4.90 Å². The van der Waals surface area contributed by atoms with Crippen molar-refractivity contribution < 1.29 is 23.9 Å². The molecule has 6 nitrogen and oxygen atoms in total. The van der Waals surface area contributed by atoms with Gasteiger partial charge in [0.25, 0.3) is 11.8 Å². The zero-order chi connectivity index (χ0) is 21.8. The Balaban J connectivity index is 1.50. The Hall–Kier alpha value is -2.89. The first-order chi connectivity index (χ1) is 15.1. The van der Waals surface area contributed by atoms with E-state index in [4.69, 9.17) is 9.47 Å². The Morgan fingerprint density at radius 3 is 2.39 bits per heavy atom. The summed E-state index contributed by atoms with van der Waals surface area (Å²) >= 11 is 0. The largest absolute Gasteiger partial charge is 0.493 e. The van der Waals surface area contributed by atoms with Crippen LogP contribution in [0.2, 0.25) is 0 Å². The number of benzene rings is 2. The van der Waals surface area contributed by atoms with E-state index in [1.54, 1.807) is 6.07 Å². The Morgan fingerprint density at radius 1 is 0.935 bits per heavy atom. The lowest BCUT2D eigenvalue weighted by atomic mass is 9.89. The SMILES string of the molecule is CC(=O)OCCCCCOc1ccc2c3c(cccc13)C(=O)N(C1CCCCC1)C2=O. The van der Waals surface area contributed by atoms with E-state index in [1.165, 1.54) is 18.2 Å². The molecule has 0 atom stereocenters. The molecule has 2 amide bonds. The second-order valence-electron chi connectivity index (χ2n) is 8.36. The van der Waals surface area contributed by atoms with E-state index in [0.29, 0.717) is 35.5 Å². The highest BCUT2D eigenvalue weighted by atomic mass is 16.5. The van der Waals surface area contributed by atoms with Crippen LogP contribution in [0.3, 0.4) is 0 Å². The maximum atomic E-state index is 13.3. The number of unbranched alkanes of at least 4 members (excludes halogenated alkanes) is 2. The molecule has 0 bridgehead atoms. The Labute approximate surface area is 182 Å². The van der Waals surface area contributed by atoms with E-state index in [1.807, 2.05) is 24.3 Å². The maximum Gasteiger partial charge on any atom is 0.302 e. The number of carbonyl (C=O) groups excluding carboxylic acids is 3. The van der Waals surface area contributed by atoms with Crippen molar-refractivity contribution in [3.05, 3.63) is 41.5 Å². The van der Waals surface area contributed by atoms with Gasteiger partial charge in [-0.3, -0.25) is 19.3 Å². The van der Waals surface area contributed by atoms with Crippen LogP contribution in [0.4, 0.5) is 0 Å². The minimum Gasteiger partial charge on any atom is -0.493 e. The number of amides is 2. The first-order valence-electron chi connectivity index (χ1n) is 11.3. The van der Waals surface area contributed by atoms with Gasteiger partial charge in [-0.2, -0.15) is 0 Å². The van der Waals surface area contributed by atoms with E-state index in [9.17, 15) is 14.4 Å². The van der Waals surface area contributed by atoms with Gasteiger partial charge in [0.1, 0.15) is 5.75 Å². The number of hydrogen-bond acceptors (Lipinski definition) is 5. The van der Waals surface area contributed by atoms with E-state index in [0.717, 1.165) is 50.3 Å². The second-order valence-corrected chi connectivity index (χ2v) is 8.36. The summed E-state index contributed by atoms with van der Waals surface area (Å²) in [6.07, 6.45) is 7.59. The lowest BCUT2D eigenvalue weighted by Gasteiger charge is -2.36. The number of ether oxygens (including phenoxy) is 2. The minimum atomic E-state index is -0.258. The summed E-state index contributed by atoms with van der Waals surface area (Å²) in [6.45, 7) is 2.36. The lowest BCUT2D eigenvalue weighted by molar-refractivity contribution is -0.141. The molecule has 164 valence electrons. The van der Waals surface area contributed by atoms with Crippen LogP contribution in [0.15, 0.2) is 30.3 Å². The van der Waals surface area contributed by atoms with Gasteiger partial charge in [0, 0.05) is 34.9 Å². The van der Waals surface area contributed by atoms with Crippen molar-refractivity contribution >= 4 is 28.6 Å². The number of rotatable bonds is 8. The van der Waals surface area contributed by atoms with E-state index in [-0.39, 0.29) is 23.8 Å². The summed E-state index contributed by atoms with van der Waals surface area (Å²) < 4.78 is 10.9. The van der Waals surface area contributed by atoms with Gasteiger partial charge < -0.3 is 9.47 Å². The third-order valence-corrected chi connectivity index (χ3v) is 6.19. The highest BCUT2D eigenvalue weighted by molar-refractivity contribution is 6.26. The predicted molar refractivity (Wildman–Crippen MR) is 117 cm³/mol. The molecule has 0 unspecified atom stereocenters. The first kappa shape index (κ1) is 21.3. The highest BCUT2D eigenvalue weighted by Crippen LogP contribution is 2.37. The average molecular weight is 424 g/mol. The zero-order valence-corrected chi connectivity index (χ0v) is 18.0. The molecule has 1 heterocycles. The minimum absolute atomic E-state index is 0.0000595. The Morgan fingerprint density at radius 2 is 1.65 bits per heavy atom. The molecule has 31 heavy (non-hydrogen) atoms. The van der Waals surface area contributed by atoms with Crippen LogP contribution < -0.4 is 4.74 Å². The molecule has 2 aromatic carbocycles. The molecular weight excluding hydrogens is 394 g/mol. The van der Waals surface area contributed by atoms with Crippen LogP contribution in [0.1, 0.15) is 79.0 Å². The zero-order valence-electron chi connectivity index (χ0n) is 18.0. The summed E-state index contributed by atoms with van der Waals surface area (Å²) in [6, 6.07) is 9.23. The molecule has 6 heteroatoms. The van der Waals surface area contributed by atoms with Crippen molar-refractivity contribution in [2.75, 3.05) is 13.2 Å². The molecular formula is C25H29NO5. The van der Waals surface area contributed by atoms with Crippen LogP contribution in [0, 0.1) is 0 Å². The number of nitrogens with zero attached hydrogens (tertiary/aromatic N) is 1. The Kier molecular flexibility index (Phi) is 6.54. The molecule has 2 aromatic rings. The van der Waals surface area contributed by atoms with Crippen molar-refractivity contribution in [1.29, 1.82) is 0 Å². The van der Waals surface area contributed by atoms with Gasteiger partial charge in [0.15, 0.2) is 0 Å². The van der Waals surface area contributed by atoms with Gasteiger partial charge in [-0.05, 0) is 50.3 Å². The lowest BCUT2D eigenvalue weighted by Crippen LogP contribution is -2.47. The van der Waals surface area contributed by atoms with Gasteiger partial charge in [-0.25, -0.2) is 0 Å². The van der Waals surface area contributed by atoms with Crippen LogP contribution in [0.25, 0.3) is 10.8 Å². The van der Waals surface area contributed by atoms with Crippen molar-refractivity contribution in [2.24, 2.45) is 0 Å². The summed E-state index contributed by atoms with van der Waals surface area (Å²) in [5.41, 5.74) is 1.18. The van der Waals surface area contributed by atoms with Crippen molar-refractivity contribution in [3.8, 4) is 5.75 Å². The maximum absolute atomic E-state index is 13.3. The third-order valence-electron chi connectivity index (χ3n) is 6.19. The molecule has 1 aliphatic carbocycles. The van der Waals surface area contributed by atoms with Crippen LogP contribution in [-0.2, 0) is 9.53 Å².